The molecule has 1 heterocycles. The first-order chi connectivity index (χ1) is 13.6. The number of aromatic nitrogens is 1. The quantitative estimate of drug-likeness (QED) is 0.303. The summed E-state index contributed by atoms with van der Waals surface area (Å²) in [5.41, 5.74) is 4.36. The molecule has 5 heteroatoms. The zero-order valence-electron chi connectivity index (χ0n) is 17.5. The van der Waals surface area contributed by atoms with E-state index < -0.39 is 0 Å². The standard InChI is InChI=1S/C24H30ClN3.HI/c1-4-28(5-2)15-9-10-18(3)27-24-21-14-13-20(25)16-23(21)26-17-22(24)19-11-7-6-8-12-19;/h6-8,11-14,16-18H,4-5,9-10,15H2,1-3H3,(H,26,27);1H. The maximum Gasteiger partial charge on any atom is 0.0738 e. The zero-order chi connectivity index (χ0) is 19.9. The van der Waals surface area contributed by atoms with Gasteiger partial charge in [-0.3, -0.25) is 4.98 Å². The Morgan fingerprint density at radius 1 is 1.07 bits per heavy atom. The summed E-state index contributed by atoms with van der Waals surface area (Å²) in [7, 11) is 0. The van der Waals surface area contributed by atoms with E-state index in [-0.39, 0.29) is 24.0 Å². The number of nitrogens with one attached hydrogen (secondary N) is 1. The van der Waals surface area contributed by atoms with Gasteiger partial charge in [0.1, 0.15) is 0 Å². The molecular formula is C24H31ClIN3. The highest BCUT2D eigenvalue weighted by Gasteiger charge is 2.14. The van der Waals surface area contributed by atoms with E-state index in [9.17, 15) is 0 Å². The first kappa shape index (κ1) is 23.9. The van der Waals surface area contributed by atoms with Crippen molar-refractivity contribution in [2.45, 2.75) is 39.7 Å². The number of nitrogens with zero attached hydrogens (tertiary/aromatic N) is 2. The molecule has 0 aliphatic rings. The Balaban J connectivity index is 0.00000300. The zero-order valence-corrected chi connectivity index (χ0v) is 20.6. The van der Waals surface area contributed by atoms with E-state index in [0.29, 0.717) is 11.1 Å². The number of hydrogen-bond acceptors (Lipinski definition) is 3. The van der Waals surface area contributed by atoms with E-state index in [4.69, 9.17) is 11.6 Å². The number of benzene rings is 2. The third-order valence-corrected chi connectivity index (χ3v) is 5.55. The van der Waals surface area contributed by atoms with Crippen LogP contribution in [0.3, 0.4) is 0 Å². The van der Waals surface area contributed by atoms with Crippen LogP contribution in [0.2, 0.25) is 5.02 Å². The molecule has 0 aliphatic carbocycles. The van der Waals surface area contributed by atoms with Crippen LogP contribution in [0.1, 0.15) is 33.6 Å². The van der Waals surface area contributed by atoms with Crippen molar-refractivity contribution in [2.75, 3.05) is 25.0 Å². The summed E-state index contributed by atoms with van der Waals surface area (Å²) in [6.07, 6.45) is 4.27. The van der Waals surface area contributed by atoms with Gasteiger partial charge in [0.25, 0.3) is 0 Å². The van der Waals surface area contributed by atoms with Crippen molar-refractivity contribution in [1.82, 2.24) is 9.88 Å². The monoisotopic (exact) mass is 523 g/mol. The van der Waals surface area contributed by atoms with E-state index in [1.165, 1.54) is 12.0 Å². The predicted molar refractivity (Wildman–Crippen MR) is 138 cm³/mol. The molecule has 3 nitrogen and oxygen atoms in total. The summed E-state index contributed by atoms with van der Waals surface area (Å²) in [5.74, 6) is 0. The molecule has 0 bridgehead atoms. The highest BCUT2D eigenvalue weighted by Crippen LogP contribution is 2.35. The molecule has 0 saturated heterocycles. The Hall–Kier alpha value is -1.37. The first-order valence-electron chi connectivity index (χ1n) is 10.2. The molecule has 0 aliphatic heterocycles. The van der Waals surface area contributed by atoms with Crippen molar-refractivity contribution in [2.24, 2.45) is 0 Å². The number of hydrogen-bond donors (Lipinski definition) is 1. The molecule has 0 saturated carbocycles. The first-order valence-corrected chi connectivity index (χ1v) is 10.6. The fourth-order valence-corrected chi connectivity index (χ4v) is 3.80. The molecule has 1 atom stereocenters. The number of fused-ring (bicyclic) bond motifs is 1. The smallest absolute Gasteiger partial charge is 0.0738 e. The van der Waals surface area contributed by atoms with Crippen molar-refractivity contribution in [3.63, 3.8) is 0 Å². The van der Waals surface area contributed by atoms with E-state index in [2.05, 4.69) is 66.3 Å². The van der Waals surface area contributed by atoms with Gasteiger partial charge in [-0.1, -0.05) is 55.8 Å². The minimum Gasteiger partial charge on any atom is -0.381 e. The van der Waals surface area contributed by atoms with Crippen LogP contribution in [0.25, 0.3) is 22.0 Å². The second-order valence-corrected chi connectivity index (χ2v) is 7.73. The van der Waals surface area contributed by atoms with Crippen molar-refractivity contribution in [1.29, 1.82) is 0 Å². The largest absolute Gasteiger partial charge is 0.381 e. The number of rotatable bonds is 9. The van der Waals surface area contributed by atoms with Crippen molar-refractivity contribution in [3.05, 3.63) is 59.8 Å². The Kier molecular flexibility index (Phi) is 9.66. The molecule has 1 aromatic heterocycles. The molecule has 0 spiro atoms. The summed E-state index contributed by atoms with van der Waals surface area (Å²) in [5, 5.41) is 5.61. The normalized spacial score (nSPS) is 12.0. The van der Waals surface area contributed by atoms with Gasteiger partial charge in [-0.2, -0.15) is 0 Å². The predicted octanol–water partition coefficient (Wildman–Crippen LogP) is 7.10. The number of anilines is 1. The van der Waals surface area contributed by atoms with Crippen LogP contribution in [0.15, 0.2) is 54.7 Å². The summed E-state index contributed by atoms with van der Waals surface area (Å²) in [6.45, 7) is 10.1. The van der Waals surface area contributed by atoms with E-state index in [0.717, 1.165) is 48.2 Å². The molecule has 0 fully saturated rings. The fraction of sp³-hybridized carbons (Fsp3) is 0.375. The number of halogens is 2. The summed E-state index contributed by atoms with van der Waals surface area (Å²) >= 11 is 6.19. The Bertz CT molecular complexity index is 897. The molecular weight excluding hydrogens is 493 g/mol. The number of pyridine rings is 1. The van der Waals surface area contributed by atoms with Crippen LogP contribution >= 0.6 is 35.6 Å². The molecule has 0 amide bonds. The second kappa shape index (κ2) is 11.7. The summed E-state index contributed by atoms with van der Waals surface area (Å²) in [6, 6.07) is 16.8. The average molecular weight is 524 g/mol. The van der Waals surface area contributed by atoms with Crippen LogP contribution in [0, 0.1) is 0 Å². The Labute approximate surface area is 196 Å². The fourth-order valence-electron chi connectivity index (χ4n) is 3.64. The Morgan fingerprint density at radius 2 is 1.79 bits per heavy atom. The van der Waals surface area contributed by atoms with Crippen LogP contribution in [0.4, 0.5) is 5.69 Å². The minimum absolute atomic E-state index is 0. The highest BCUT2D eigenvalue weighted by atomic mass is 127. The van der Waals surface area contributed by atoms with Crippen LogP contribution in [0.5, 0.6) is 0 Å². The van der Waals surface area contributed by atoms with Crippen molar-refractivity contribution >= 4 is 52.2 Å². The lowest BCUT2D eigenvalue weighted by Gasteiger charge is -2.22. The maximum absolute atomic E-state index is 6.19. The average Bonchev–Trinajstić information content (AvgIpc) is 2.72. The maximum atomic E-state index is 6.19. The molecule has 2 aromatic carbocycles. The van der Waals surface area contributed by atoms with Crippen molar-refractivity contribution in [3.8, 4) is 11.1 Å². The van der Waals surface area contributed by atoms with Gasteiger partial charge in [0, 0.05) is 28.2 Å². The van der Waals surface area contributed by atoms with E-state index in [1.54, 1.807) is 0 Å². The second-order valence-electron chi connectivity index (χ2n) is 7.29. The van der Waals surface area contributed by atoms with Crippen LogP contribution in [-0.2, 0) is 0 Å². The summed E-state index contributed by atoms with van der Waals surface area (Å²) in [4.78, 5) is 7.14. The molecule has 3 aromatic rings. The van der Waals surface area contributed by atoms with Crippen LogP contribution in [-0.4, -0.2) is 35.6 Å². The van der Waals surface area contributed by atoms with Crippen molar-refractivity contribution < 1.29 is 0 Å². The van der Waals surface area contributed by atoms with E-state index in [1.807, 2.05) is 24.4 Å². The van der Waals surface area contributed by atoms with Gasteiger partial charge in [0.05, 0.1) is 11.2 Å². The third-order valence-electron chi connectivity index (χ3n) is 5.31. The molecule has 3 rings (SSSR count). The van der Waals surface area contributed by atoms with Gasteiger partial charge in [-0.05, 0) is 63.2 Å². The minimum atomic E-state index is 0. The van der Waals surface area contributed by atoms with Gasteiger partial charge < -0.3 is 10.2 Å². The van der Waals surface area contributed by atoms with Gasteiger partial charge >= 0.3 is 0 Å². The topological polar surface area (TPSA) is 28.2 Å². The third kappa shape index (κ3) is 6.30. The van der Waals surface area contributed by atoms with E-state index >= 15 is 0 Å². The summed E-state index contributed by atoms with van der Waals surface area (Å²) < 4.78 is 0. The highest BCUT2D eigenvalue weighted by molar-refractivity contribution is 14.0. The lowest BCUT2D eigenvalue weighted by atomic mass is 10.0. The lowest BCUT2D eigenvalue weighted by molar-refractivity contribution is 0.295. The van der Waals surface area contributed by atoms with Gasteiger partial charge in [0.15, 0.2) is 0 Å². The molecule has 1 unspecified atom stereocenters. The van der Waals surface area contributed by atoms with Gasteiger partial charge in [-0.25, -0.2) is 0 Å². The molecule has 0 radical (unpaired) electrons. The molecule has 1 N–H and O–H groups in total. The Morgan fingerprint density at radius 3 is 2.48 bits per heavy atom. The molecule has 156 valence electrons. The van der Waals surface area contributed by atoms with Gasteiger partial charge in [0.2, 0.25) is 0 Å². The lowest BCUT2D eigenvalue weighted by Crippen LogP contribution is -2.25. The SMILES string of the molecule is CCN(CC)CCCC(C)Nc1c(-c2ccccc2)cnc2cc(Cl)ccc12.I. The van der Waals surface area contributed by atoms with Crippen LogP contribution < -0.4 is 5.32 Å². The molecule has 29 heavy (non-hydrogen) atoms. The van der Waals surface area contributed by atoms with Gasteiger partial charge in [-0.15, -0.1) is 24.0 Å².